The van der Waals surface area contributed by atoms with E-state index < -0.39 is 24.1 Å². The van der Waals surface area contributed by atoms with Gasteiger partial charge in [-0.15, -0.1) is 11.8 Å². The summed E-state index contributed by atoms with van der Waals surface area (Å²) in [5, 5.41) is 0.793. The number of carbonyl (C=O) groups excluding carboxylic acids is 1. The van der Waals surface area contributed by atoms with Gasteiger partial charge in [-0.2, -0.15) is 0 Å². The Morgan fingerprint density at radius 3 is 2.86 bits per heavy atom. The van der Waals surface area contributed by atoms with E-state index in [0.717, 1.165) is 5.03 Å². The zero-order chi connectivity index (χ0) is 19.9. The molecule has 2 saturated heterocycles. The van der Waals surface area contributed by atoms with Crippen LogP contribution in [0.4, 0.5) is 0 Å². The first kappa shape index (κ1) is 19.3. The molecule has 0 spiro atoms. The molecule has 2 aliphatic heterocycles. The molecule has 0 bridgehead atoms. The normalized spacial score (nSPS) is 28.9. The summed E-state index contributed by atoms with van der Waals surface area (Å²) in [6.45, 7) is 5.78. The summed E-state index contributed by atoms with van der Waals surface area (Å²) < 4.78 is 25.1. The summed E-state index contributed by atoms with van der Waals surface area (Å²) in [5.41, 5.74) is 1.37. The first-order valence-corrected chi connectivity index (χ1v) is 10.2. The van der Waals surface area contributed by atoms with E-state index in [1.807, 2.05) is 24.7 Å². The smallest absolute Gasteiger partial charge is 0.330 e. The summed E-state index contributed by atoms with van der Waals surface area (Å²) >= 11 is 1.50. The fourth-order valence-corrected chi connectivity index (χ4v) is 4.01. The lowest BCUT2D eigenvalue weighted by Gasteiger charge is -2.24. The molecule has 9 nitrogen and oxygen atoms in total. The molecule has 2 fully saturated rings. The van der Waals surface area contributed by atoms with Gasteiger partial charge >= 0.3 is 5.97 Å². The number of thioether (sulfide) groups is 1. The van der Waals surface area contributed by atoms with Crippen molar-refractivity contribution >= 4 is 28.9 Å². The molecule has 2 aromatic rings. The van der Waals surface area contributed by atoms with Crippen molar-refractivity contribution in [3.05, 3.63) is 24.8 Å². The second-order valence-electron chi connectivity index (χ2n) is 6.87. The van der Waals surface area contributed by atoms with Crippen LogP contribution in [0.1, 0.15) is 27.0 Å². The minimum absolute atomic E-state index is 0.314. The summed E-state index contributed by atoms with van der Waals surface area (Å²) in [6, 6.07) is 0. The van der Waals surface area contributed by atoms with Crippen molar-refractivity contribution in [2.45, 2.75) is 56.1 Å². The fourth-order valence-electron chi connectivity index (χ4n) is 3.52. The third-order valence-corrected chi connectivity index (χ3v) is 5.25. The lowest BCUT2D eigenvalue weighted by Crippen LogP contribution is -2.28. The largest absolute Gasteiger partial charge is 0.463 e. The molecule has 0 saturated carbocycles. The number of rotatable bonds is 5. The Labute approximate surface area is 166 Å². The molecule has 0 aliphatic carbocycles. The molecule has 0 N–H and O–H groups in total. The zero-order valence-electron chi connectivity index (χ0n) is 16.1. The molecule has 28 heavy (non-hydrogen) atoms. The van der Waals surface area contributed by atoms with Crippen LogP contribution in [-0.4, -0.2) is 62.5 Å². The number of fused-ring (bicyclic) bond motifs is 2. The van der Waals surface area contributed by atoms with Gasteiger partial charge in [-0.05, 0) is 33.1 Å². The second-order valence-corrected chi connectivity index (χ2v) is 7.67. The monoisotopic (exact) mass is 406 g/mol. The van der Waals surface area contributed by atoms with Gasteiger partial charge in [0.25, 0.3) is 0 Å². The molecule has 4 heterocycles. The maximum absolute atomic E-state index is 11.7. The average Bonchev–Trinajstić information content (AvgIpc) is 3.31. The number of hydrogen-bond acceptors (Lipinski definition) is 9. The molecule has 0 radical (unpaired) electrons. The van der Waals surface area contributed by atoms with Crippen LogP contribution in [0.25, 0.3) is 11.2 Å². The standard InChI is InChI=1S/C18H22N4O5S/c1-5-24-11(23)7-6-10-13-14(27-18(2,3)26-13)17(25-10)22-9-21-12-15(22)19-8-20-16(12)28-4/h6-10,13-14,17H,5H2,1-4H3/b7-6+/t10-,13-,14-,17-/m1/s1. The molecule has 4 rings (SSSR count). The maximum Gasteiger partial charge on any atom is 0.330 e. The Morgan fingerprint density at radius 1 is 1.32 bits per heavy atom. The van der Waals surface area contributed by atoms with E-state index in [-0.39, 0.29) is 12.2 Å². The first-order valence-electron chi connectivity index (χ1n) is 9.01. The molecule has 0 aromatic carbocycles. The lowest BCUT2D eigenvalue weighted by molar-refractivity contribution is -0.191. The summed E-state index contributed by atoms with van der Waals surface area (Å²) in [7, 11) is 0. The van der Waals surface area contributed by atoms with E-state index in [0.29, 0.717) is 17.8 Å². The SMILES string of the molecule is CCOC(=O)/C=C/[C@H]1O[C@@H](n2cnc3c(SC)ncnc32)[C@@H]2OC(C)(C)O[C@@H]21. The van der Waals surface area contributed by atoms with Crippen molar-refractivity contribution in [1.82, 2.24) is 19.5 Å². The van der Waals surface area contributed by atoms with E-state index in [1.165, 1.54) is 24.2 Å². The van der Waals surface area contributed by atoms with Crippen molar-refractivity contribution in [2.75, 3.05) is 12.9 Å². The lowest BCUT2D eigenvalue weighted by atomic mass is 10.1. The Hall–Kier alpha value is -2.01. The molecule has 0 amide bonds. The highest BCUT2D eigenvalue weighted by atomic mass is 32.2. The quantitative estimate of drug-likeness (QED) is 0.320. The van der Waals surface area contributed by atoms with Gasteiger partial charge in [0.15, 0.2) is 17.7 Å². The predicted octanol–water partition coefficient (Wildman–Crippen LogP) is 2.08. The molecular formula is C18H22N4O5S. The van der Waals surface area contributed by atoms with Gasteiger partial charge < -0.3 is 18.9 Å². The number of ether oxygens (including phenoxy) is 4. The molecular weight excluding hydrogens is 384 g/mol. The predicted molar refractivity (Wildman–Crippen MR) is 101 cm³/mol. The van der Waals surface area contributed by atoms with Gasteiger partial charge in [-0.1, -0.05) is 0 Å². The van der Waals surface area contributed by atoms with Crippen molar-refractivity contribution in [2.24, 2.45) is 0 Å². The van der Waals surface area contributed by atoms with Gasteiger partial charge in [0.2, 0.25) is 0 Å². The van der Waals surface area contributed by atoms with E-state index >= 15 is 0 Å². The van der Waals surface area contributed by atoms with E-state index in [4.69, 9.17) is 18.9 Å². The van der Waals surface area contributed by atoms with Gasteiger partial charge in [-0.3, -0.25) is 4.57 Å². The Morgan fingerprint density at radius 2 is 2.11 bits per heavy atom. The average molecular weight is 406 g/mol. The van der Waals surface area contributed by atoms with Crippen LogP contribution in [-0.2, 0) is 23.7 Å². The fraction of sp³-hybridized carbons (Fsp3) is 0.556. The van der Waals surface area contributed by atoms with Gasteiger partial charge in [0.05, 0.1) is 12.9 Å². The third-order valence-electron chi connectivity index (χ3n) is 4.57. The highest BCUT2D eigenvalue weighted by Crippen LogP contribution is 2.44. The summed E-state index contributed by atoms with van der Waals surface area (Å²) in [5.74, 6) is -1.18. The second kappa shape index (κ2) is 7.43. The Kier molecular flexibility index (Phi) is 5.13. The van der Waals surface area contributed by atoms with Crippen LogP contribution in [0.15, 0.2) is 29.8 Å². The highest BCUT2D eigenvalue weighted by molar-refractivity contribution is 7.98. The summed E-state index contributed by atoms with van der Waals surface area (Å²) in [6.07, 6.45) is 6.42. The molecule has 4 atom stereocenters. The van der Waals surface area contributed by atoms with Crippen LogP contribution in [0.3, 0.4) is 0 Å². The Balaban J connectivity index is 1.67. The number of imidazole rings is 1. The van der Waals surface area contributed by atoms with Crippen LogP contribution >= 0.6 is 11.8 Å². The Bertz CT molecular complexity index is 915. The molecule has 2 aliphatic rings. The highest BCUT2D eigenvalue weighted by Gasteiger charge is 2.55. The van der Waals surface area contributed by atoms with E-state index in [9.17, 15) is 4.79 Å². The van der Waals surface area contributed by atoms with Crippen molar-refractivity contribution < 1.29 is 23.7 Å². The third kappa shape index (κ3) is 3.41. The molecule has 10 heteroatoms. The zero-order valence-corrected chi connectivity index (χ0v) is 16.9. The number of aromatic nitrogens is 4. The molecule has 150 valence electrons. The topological polar surface area (TPSA) is 97.6 Å². The van der Waals surface area contributed by atoms with E-state index in [1.54, 1.807) is 19.3 Å². The van der Waals surface area contributed by atoms with Crippen LogP contribution < -0.4 is 0 Å². The number of nitrogens with zero attached hydrogens (tertiary/aromatic N) is 4. The minimum Gasteiger partial charge on any atom is -0.463 e. The van der Waals surface area contributed by atoms with Gasteiger partial charge in [-0.25, -0.2) is 19.7 Å². The van der Waals surface area contributed by atoms with Crippen molar-refractivity contribution in [3.8, 4) is 0 Å². The van der Waals surface area contributed by atoms with Crippen LogP contribution in [0, 0.1) is 0 Å². The summed E-state index contributed by atoms with van der Waals surface area (Å²) in [4.78, 5) is 24.8. The van der Waals surface area contributed by atoms with Gasteiger partial charge in [0, 0.05) is 6.08 Å². The van der Waals surface area contributed by atoms with Crippen LogP contribution in [0.5, 0.6) is 0 Å². The minimum atomic E-state index is -0.761. The molecule has 0 unspecified atom stereocenters. The van der Waals surface area contributed by atoms with Crippen molar-refractivity contribution in [1.29, 1.82) is 0 Å². The van der Waals surface area contributed by atoms with E-state index in [2.05, 4.69) is 15.0 Å². The maximum atomic E-state index is 11.7. The van der Waals surface area contributed by atoms with Crippen molar-refractivity contribution in [3.63, 3.8) is 0 Å². The van der Waals surface area contributed by atoms with Crippen LogP contribution in [0.2, 0.25) is 0 Å². The number of carbonyl (C=O) groups is 1. The first-order chi connectivity index (χ1) is 13.4. The van der Waals surface area contributed by atoms with Gasteiger partial charge in [0.1, 0.15) is 35.2 Å². The number of esters is 1. The number of hydrogen-bond donors (Lipinski definition) is 0. The molecule has 2 aromatic heterocycles.